The van der Waals surface area contributed by atoms with Gasteiger partial charge in [-0.1, -0.05) is 24.6 Å². The third kappa shape index (κ3) is 3.45. The quantitative estimate of drug-likeness (QED) is 0.658. The molecule has 0 spiro atoms. The summed E-state index contributed by atoms with van der Waals surface area (Å²) in [6.07, 6.45) is 5.48. The minimum absolute atomic E-state index is 0.129. The van der Waals surface area contributed by atoms with Crippen LogP contribution in [0.3, 0.4) is 0 Å². The van der Waals surface area contributed by atoms with Crippen molar-refractivity contribution >= 4 is 5.96 Å². The van der Waals surface area contributed by atoms with Gasteiger partial charge in [0.1, 0.15) is 18.1 Å². The average molecular weight is 340 g/mol. The van der Waals surface area contributed by atoms with Crippen LogP contribution in [0, 0.1) is 0 Å². The highest BCUT2D eigenvalue weighted by atomic mass is 16.5. The van der Waals surface area contributed by atoms with E-state index in [1.165, 1.54) is 19.3 Å². The Bertz CT molecular complexity index is 769. The van der Waals surface area contributed by atoms with E-state index in [2.05, 4.69) is 31.1 Å². The summed E-state index contributed by atoms with van der Waals surface area (Å²) in [5, 5.41) is 11.9. The van der Waals surface area contributed by atoms with E-state index >= 15 is 0 Å². The standard InChI is InChI=1S/C18H24N6O/c19-18(21-14-9-11-25-15-7-4-3-6-13(14)15)20-12-17-23-22-16-8-2-1-5-10-24(16)17/h3-4,6-7,14H,1-2,5,8-12H2,(H3,19,20,21). The molecule has 1 aromatic carbocycles. The van der Waals surface area contributed by atoms with E-state index in [0.717, 1.165) is 42.3 Å². The number of aliphatic imine (C=N–C) groups is 1. The van der Waals surface area contributed by atoms with E-state index in [9.17, 15) is 0 Å². The van der Waals surface area contributed by atoms with Crippen LogP contribution in [0.4, 0.5) is 0 Å². The zero-order chi connectivity index (χ0) is 17.1. The number of aryl methyl sites for hydroxylation is 1. The first-order valence-corrected chi connectivity index (χ1v) is 9.00. The molecule has 1 aromatic heterocycles. The van der Waals surface area contributed by atoms with Crippen LogP contribution in [0.2, 0.25) is 0 Å². The van der Waals surface area contributed by atoms with Gasteiger partial charge < -0.3 is 20.4 Å². The number of guanidine groups is 1. The van der Waals surface area contributed by atoms with E-state index < -0.39 is 0 Å². The second kappa shape index (κ2) is 7.13. The predicted octanol–water partition coefficient (Wildman–Crippen LogP) is 1.93. The summed E-state index contributed by atoms with van der Waals surface area (Å²) < 4.78 is 7.89. The molecule has 0 bridgehead atoms. The molecule has 0 fully saturated rings. The van der Waals surface area contributed by atoms with Crippen molar-refractivity contribution in [2.45, 2.75) is 51.2 Å². The first-order valence-electron chi connectivity index (χ1n) is 9.00. The van der Waals surface area contributed by atoms with Crippen molar-refractivity contribution in [3.05, 3.63) is 41.5 Å². The molecule has 3 heterocycles. The number of benzene rings is 1. The van der Waals surface area contributed by atoms with Gasteiger partial charge in [0.05, 0.1) is 12.6 Å². The molecule has 132 valence electrons. The molecule has 0 amide bonds. The maximum atomic E-state index is 6.13. The molecular formula is C18H24N6O. The van der Waals surface area contributed by atoms with Gasteiger partial charge in [-0.2, -0.15) is 0 Å². The van der Waals surface area contributed by atoms with Gasteiger partial charge in [0.25, 0.3) is 0 Å². The largest absolute Gasteiger partial charge is 0.493 e. The number of fused-ring (bicyclic) bond motifs is 2. The molecule has 2 aliphatic heterocycles. The van der Waals surface area contributed by atoms with Crippen LogP contribution in [0.5, 0.6) is 5.75 Å². The molecule has 7 nitrogen and oxygen atoms in total. The predicted molar refractivity (Wildman–Crippen MR) is 95.3 cm³/mol. The highest BCUT2D eigenvalue weighted by Crippen LogP contribution is 2.31. The molecule has 2 aliphatic rings. The lowest BCUT2D eigenvalue weighted by Crippen LogP contribution is -2.37. The number of nitrogens with two attached hydrogens (primary N) is 1. The Morgan fingerprint density at radius 3 is 3.16 bits per heavy atom. The molecule has 0 saturated carbocycles. The van der Waals surface area contributed by atoms with Gasteiger partial charge >= 0.3 is 0 Å². The molecule has 0 radical (unpaired) electrons. The fourth-order valence-corrected chi connectivity index (χ4v) is 3.53. The van der Waals surface area contributed by atoms with Crippen LogP contribution < -0.4 is 15.8 Å². The van der Waals surface area contributed by atoms with Gasteiger partial charge in [0.15, 0.2) is 11.8 Å². The van der Waals surface area contributed by atoms with Crippen LogP contribution >= 0.6 is 0 Å². The number of hydrogen-bond donors (Lipinski definition) is 2. The SMILES string of the molecule is NC(=NCc1nnc2n1CCCCC2)NC1CCOc2ccccc21. The highest BCUT2D eigenvalue weighted by Gasteiger charge is 2.21. The van der Waals surface area contributed by atoms with Crippen LogP contribution in [-0.4, -0.2) is 27.3 Å². The Morgan fingerprint density at radius 2 is 2.20 bits per heavy atom. The number of hydrogen-bond acceptors (Lipinski definition) is 4. The van der Waals surface area contributed by atoms with Gasteiger partial charge in [0, 0.05) is 24.9 Å². The van der Waals surface area contributed by atoms with Crippen molar-refractivity contribution in [2.24, 2.45) is 10.7 Å². The smallest absolute Gasteiger partial charge is 0.189 e. The second-order valence-electron chi connectivity index (χ2n) is 6.57. The molecule has 1 unspecified atom stereocenters. The topological polar surface area (TPSA) is 90.4 Å². The van der Waals surface area contributed by atoms with Crippen LogP contribution in [0.15, 0.2) is 29.3 Å². The normalized spacial score (nSPS) is 20.2. The fraction of sp³-hybridized carbons (Fsp3) is 0.500. The van der Waals surface area contributed by atoms with Gasteiger partial charge in [-0.05, 0) is 18.9 Å². The monoisotopic (exact) mass is 340 g/mol. The van der Waals surface area contributed by atoms with Crippen molar-refractivity contribution in [1.82, 2.24) is 20.1 Å². The number of nitrogens with one attached hydrogen (secondary N) is 1. The third-order valence-corrected chi connectivity index (χ3v) is 4.86. The maximum absolute atomic E-state index is 6.13. The van der Waals surface area contributed by atoms with Gasteiger partial charge in [-0.15, -0.1) is 10.2 Å². The number of nitrogens with zero attached hydrogens (tertiary/aromatic N) is 4. The molecular weight excluding hydrogens is 316 g/mol. The number of rotatable bonds is 3. The maximum Gasteiger partial charge on any atom is 0.189 e. The zero-order valence-corrected chi connectivity index (χ0v) is 14.3. The average Bonchev–Trinajstić information content (AvgIpc) is 2.86. The molecule has 3 N–H and O–H groups in total. The molecule has 7 heteroatoms. The summed E-state index contributed by atoms with van der Waals surface area (Å²) >= 11 is 0. The van der Waals surface area contributed by atoms with E-state index in [0.29, 0.717) is 19.1 Å². The Hall–Kier alpha value is -2.57. The summed E-state index contributed by atoms with van der Waals surface area (Å²) in [6, 6.07) is 8.18. The van der Waals surface area contributed by atoms with Crippen LogP contribution in [0.25, 0.3) is 0 Å². The minimum atomic E-state index is 0.129. The van der Waals surface area contributed by atoms with Crippen LogP contribution in [0.1, 0.15) is 48.9 Å². The lowest BCUT2D eigenvalue weighted by Gasteiger charge is -2.26. The van der Waals surface area contributed by atoms with E-state index in [-0.39, 0.29) is 6.04 Å². The second-order valence-corrected chi connectivity index (χ2v) is 6.57. The molecule has 0 saturated heterocycles. The number of ether oxygens (including phenoxy) is 1. The molecule has 1 atom stereocenters. The summed E-state index contributed by atoms with van der Waals surface area (Å²) in [7, 11) is 0. The molecule has 4 rings (SSSR count). The van der Waals surface area contributed by atoms with Crippen molar-refractivity contribution in [2.75, 3.05) is 6.61 Å². The Morgan fingerprint density at radius 1 is 1.28 bits per heavy atom. The number of para-hydroxylation sites is 1. The summed E-state index contributed by atoms with van der Waals surface area (Å²) in [6.45, 7) is 2.12. The van der Waals surface area contributed by atoms with Crippen molar-refractivity contribution < 1.29 is 4.74 Å². The molecule has 25 heavy (non-hydrogen) atoms. The summed E-state index contributed by atoms with van der Waals surface area (Å²) in [4.78, 5) is 4.49. The Balaban J connectivity index is 1.44. The lowest BCUT2D eigenvalue weighted by atomic mass is 10.0. The van der Waals surface area contributed by atoms with Crippen LogP contribution in [-0.2, 0) is 19.5 Å². The minimum Gasteiger partial charge on any atom is -0.493 e. The van der Waals surface area contributed by atoms with Crippen molar-refractivity contribution in [3.63, 3.8) is 0 Å². The number of aromatic nitrogens is 3. The highest BCUT2D eigenvalue weighted by molar-refractivity contribution is 5.78. The lowest BCUT2D eigenvalue weighted by molar-refractivity contribution is 0.262. The van der Waals surface area contributed by atoms with E-state index in [1.54, 1.807) is 0 Å². The fourth-order valence-electron chi connectivity index (χ4n) is 3.53. The Labute approximate surface area is 147 Å². The van der Waals surface area contributed by atoms with Gasteiger partial charge in [0.2, 0.25) is 0 Å². The van der Waals surface area contributed by atoms with Crippen molar-refractivity contribution in [1.29, 1.82) is 0 Å². The van der Waals surface area contributed by atoms with Crippen molar-refractivity contribution in [3.8, 4) is 5.75 Å². The first-order chi connectivity index (χ1) is 12.3. The first kappa shape index (κ1) is 15.9. The molecule has 2 aromatic rings. The zero-order valence-electron chi connectivity index (χ0n) is 14.3. The van der Waals surface area contributed by atoms with E-state index in [4.69, 9.17) is 10.5 Å². The van der Waals surface area contributed by atoms with E-state index in [1.807, 2.05) is 18.2 Å². The Kier molecular flexibility index (Phi) is 4.54. The molecule has 0 aliphatic carbocycles. The summed E-state index contributed by atoms with van der Waals surface area (Å²) in [5.41, 5.74) is 7.25. The van der Waals surface area contributed by atoms with Gasteiger partial charge in [-0.25, -0.2) is 4.99 Å². The summed E-state index contributed by atoms with van der Waals surface area (Å²) in [5.74, 6) is 3.33. The third-order valence-electron chi connectivity index (χ3n) is 4.86. The van der Waals surface area contributed by atoms with Gasteiger partial charge in [-0.3, -0.25) is 0 Å².